The molecule has 204 valence electrons. The second-order valence-electron chi connectivity index (χ2n) is 10.2. The molecule has 0 aliphatic carbocycles. The van der Waals surface area contributed by atoms with E-state index in [-0.39, 0.29) is 11.9 Å². The number of hydrogen-bond acceptors (Lipinski definition) is 5. The van der Waals surface area contributed by atoms with E-state index >= 15 is 0 Å². The van der Waals surface area contributed by atoms with E-state index in [4.69, 9.17) is 0 Å². The van der Waals surface area contributed by atoms with Crippen LogP contribution in [0.25, 0.3) is 0 Å². The van der Waals surface area contributed by atoms with E-state index in [2.05, 4.69) is 68.7 Å². The van der Waals surface area contributed by atoms with Gasteiger partial charge in [-0.3, -0.25) is 9.69 Å². The molecule has 1 aromatic carbocycles. The fraction of sp³-hybridized carbons (Fsp3) is 0.500. The number of imidazole rings is 2. The zero-order chi connectivity index (χ0) is 26.7. The molecule has 1 unspecified atom stereocenters. The van der Waals surface area contributed by atoms with Gasteiger partial charge in [0, 0.05) is 49.6 Å². The van der Waals surface area contributed by atoms with Crippen molar-refractivity contribution in [2.45, 2.75) is 72.0 Å². The number of benzene rings is 1. The first-order valence-electron chi connectivity index (χ1n) is 14.1. The van der Waals surface area contributed by atoms with Crippen LogP contribution in [0.4, 0.5) is 0 Å². The van der Waals surface area contributed by atoms with Gasteiger partial charge in [-0.1, -0.05) is 32.1 Å². The number of nitrogens with one attached hydrogen (secondary N) is 2. The van der Waals surface area contributed by atoms with Gasteiger partial charge in [0.25, 0.3) is 5.91 Å². The predicted molar refractivity (Wildman–Crippen MR) is 151 cm³/mol. The van der Waals surface area contributed by atoms with Crippen LogP contribution < -0.4 is 0 Å². The summed E-state index contributed by atoms with van der Waals surface area (Å²) in [6.45, 7) is 12.2. The monoisotopic (exact) mass is 517 g/mol. The van der Waals surface area contributed by atoms with Crippen molar-refractivity contribution in [3.63, 3.8) is 0 Å². The molecule has 1 aliphatic heterocycles. The molecule has 8 heteroatoms. The van der Waals surface area contributed by atoms with Gasteiger partial charge < -0.3 is 19.8 Å². The lowest BCUT2D eigenvalue weighted by atomic mass is 10.0. The van der Waals surface area contributed by atoms with Gasteiger partial charge in [-0.2, -0.15) is 0 Å². The number of allylic oxidation sites excluding steroid dienone is 1. The van der Waals surface area contributed by atoms with Crippen molar-refractivity contribution >= 4 is 5.91 Å². The Morgan fingerprint density at radius 2 is 1.79 bits per heavy atom. The van der Waals surface area contributed by atoms with Crippen LogP contribution in [0.1, 0.15) is 85.6 Å². The predicted octanol–water partition coefficient (Wildman–Crippen LogP) is 5.31. The molecule has 0 saturated carbocycles. The quantitative estimate of drug-likeness (QED) is 0.267. The molecule has 2 N–H and O–H groups in total. The van der Waals surface area contributed by atoms with Crippen LogP contribution >= 0.6 is 0 Å². The van der Waals surface area contributed by atoms with Gasteiger partial charge in [0.2, 0.25) is 0 Å². The van der Waals surface area contributed by atoms with Gasteiger partial charge in [0.15, 0.2) is 0 Å². The third-order valence-corrected chi connectivity index (χ3v) is 7.24. The van der Waals surface area contributed by atoms with Crippen molar-refractivity contribution in [1.29, 1.82) is 0 Å². The van der Waals surface area contributed by atoms with Crippen LogP contribution in [-0.4, -0.2) is 66.7 Å². The van der Waals surface area contributed by atoms with E-state index in [1.165, 1.54) is 18.4 Å². The SMILES string of the molecule is CCCN(CCC)CCCCN1C=CCc2cc(CN(Cc3ncc[nH]3)C(C)c3ncc[nH]3)ccc2C1=O. The summed E-state index contributed by atoms with van der Waals surface area (Å²) in [5, 5.41) is 0. The molecule has 0 fully saturated rings. The fourth-order valence-electron chi connectivity index (χ4n) is 5.23. The minimum absolute atomic E-state index is 0.0801. The highest BCUT2D eigenvalue weighted by Gasteiger charge is 2.23. The lowest BCUT2D eigenvalue weighted by Crippen LogP contribution is -2.29. The van der Waals surface area contributed by atoms with Gasteiger partial charge >= 0.3 is 0 Å². The van der Waals surface area contributed by atoms with E-state index in [0.29, 0.717) is 6.54 Å². The van der Waals surface area contributed by atoms with E-state index in [1.807, 2.05) is 29.6 Å². The third kappa shape index (κ3) is 7.42. The lowest BCUT2D eigenvalue weighted by Gasteiger charge is -2.27. The van der Waals surface area contributed by atoms with Crippen molar-refractivity contribution in [1.82, 2.24) is 34.6 Å². The maximum atomic E-state index is 13.4. The van der Waals surface area contributed by atoms with Crippen LogP contribution in [0, 0.1) is 0 Å². The topological polar surface area (TPSA) is 84.2 Å². The summed E-state index contributed by atoms with van der Waals surface area (Å²) in [4.78, 5) is 35.6. The molecule has 38 heavy (non-hydrogen) atoms. The number of amides is 1. The van der Waals surface area contributed by atoms with Gasteiger partial charge in [-0.25, -0.2) is 9.97 Å². The molecule has 0 bridgehead atoms. The summed E-state index contributed by atoms with van der Waals surface area (Å²) >= 11 is 0. The number of carbonyl (C=O) groups excluding carboxylic acids is 1. The average Bonchev–Trinajstić information content (AvgIpc) is 3.62. The number of hydrogen-bond donors (Lipinski definition) is 2. The van der Waals surface area contributed by atoms with Crippen molar-refractivity contribution in [3.8, 4) is 0 Å². The molecule has 3 aromatic rings. The molecule has 0 radical (unpaired) electrons. The number of unbranched alkanes of at least 4 members (excludes halogenated alkanes) is 1. The van der Waals surface area contributed by atoms with Crippen molar-refractivity contribution in [2.75, 3.05) is 26.2 Å². The van der Waals surface area contributed by atoms with Crippen LogP contribution in [-0.2, 0) is 19.5 Å². The summed E-state index contributed by atoms with van der Waals surface area (Å²) in [5.74, 6) is 1.95. The fourth-order valence-corrected chi connectivity index (χ4v) is 5.23. The van der Waals surface area contributed by atoms with Crippen LogP contribution in [0.2, 0.25) is 0 Å². The number of rotatable bonds is 15. The maximum Gasteiger partial charge on any atom is 0.258 e. The molecule has 4 rings (SSSR count). The van der Waals surface area contributed by atoms with Crippen molar-refractivity contribution in [3.05, 3.63) is 83.6 Å². The Labute approximate surface area is 227 Å². The molecule has 0 saturated heterocycles. The summed E-state index contributed by atoms with van der Waals surface area (Å²) in [7, 11) is 0. The number of aromatic amines is 2. The second kappa shape index (κ2) is 14.1. The first-order valence-corrected chi connectivity index (χ1v) is 14.1. The van der Waals surface area contributed by atoms with Crippen LogP contribution in [0.5, 0.6) is 0 Å². The lowest BCUT2D eigenvalue weighted by molar-refractivity contribution is 0.0819. The third-order valence-electron chi connectivity index (χ3n) is 7.24. The number of carbonyl (C=O) groups is 1. The Bertz CT molecular complexity index is 1130. The summed E-state index contributed by atoms with van der Waals surface area (Å²) in [5.41, 5.74) is 3.08. The molecular weight excluding hydrogens is 474 g/mol. The zero-order valence-corrected chi connectivity index (χ0v) is 23.2. The minimum Gasteiger partial charge on any atom is -0.348 e. The van der Waals surface area contributed by atoms with E-state index in [0.717, 1.165) is 74.8 Å². The number of nitrogens with zero attached hydrogens (tertiary/aromatic N) is 5. The Kier molecular flexibility index (Phi) is 10.3. The minimum atomic E-state index is 0.0801. The van der Waals surface area contributed by atoms with Crippen LogP contribution in [0.15, 0.2) is 55.3 Å². The summed E-state index contributed by atoms with van der Waals surface area (Å²) < 4.78 is 0. The highest BCUT2D eigenvalue weighted by Crippen LogP contribution is 2.25. The zero-order valence-electron chi connectivity index (χ0n) is 23.2. The van der Waals surface area contributed by atoms with E-state index in [1.54, 1.807) is 12.4 Å². The standard InChI is InChI=1S/C30H43N7O/c1-4-16-35(17-5-2)18-6-7-19-36-20-8-9-26-21-25(10-11-27(26)30(36)38)22-37(23-28-31-12-13-32-28)24(3)29-33-14-15-34-29/h8,10-15,20-21,24H,4-7,9,16-19,22-23H2,1-3H3,(H,31,32)(H,33,34). The Morgan fingerprint density at radius 1 is 1.00 bits per heavy atom. The van der Waals surface area contributed by atoms with Gasteiger partial charge in [-0.15, -0.1) is 0 Å². The summed E-state index contributed by atoms with van der Waals surface area (Å²) in [6.07, 6.45) is 16.7. The largest absolute Gasteiger partial charge is 0.348 e. The molecule has 1 aliphatic rings. The van der Waals surface area contributed by atoms with E-state index < -0.39 is 0 Å². The number of H-pyrrole nitrogens is 2. The first-order chi connectivity index (χ1) is 18.6. The van der Waals surface area contributed by atoms with Crippen LogP contribution in [0.3, 0.4) is 0 Å². The van der Waals surface area contributed by atoms with Gasteiger partial charge in [0.05, 0.1) is 12.6 Å². The Balaban J connectivity index is 1.40. The normalized spacial score (nSPS) is 14.3. The molecule has 2 aromatic heterocycles. The van der Waals surface area contributed by atoms with Crippen molar-refractivity contribution in [2.24, 2.45) is 0 Å². The molecule has 1 amide bonds. The number of fused-ring (bicyclic) bond motifs is 1. The smallest absolute Gasteiger partial charge is 0.258 e. The first kappa shape index (κ1) is 27.8. The highest BCUT2D eigenvalue weighted by atomic mass is 16.2. The molecule has 8 nitrogen and oxygen atoms in total. The maximum absolute atomic E-state index is 13.4. The Hall–Kier alpha value is -3.23. The van der Waals surface area contributed by atoms with E-state index in [9.17, 15) is 4.79 Å². The summed E-state index contributed by atoms with van der Waals surface area (Å²) in [6, 6.07) is 6.38. The molecule has 1 atom stereocenters. The van der Waals surface area contributed by atoms with Gasteiger partial charge in [-0.05, 0) is 75.9 Å². The highest BCUT2D eigenvalue weighted by molar-refractivity contribution is 5.97. The average molecular weight is 518 g/mol. The van der Waals surface area contributed by atoms with Gasteiger partial charge in [0.1, 0.15) is 11.6 Å². The van der Waals surface area contributed by atoms with Crippen molar-refractivity contribution < 1.29 is 4.79 Å². The molecule has 3 heterocycles. The number of aromatic nitrogens is 4. The second-order valence-corrected chi connectivity index (χ2v) is 10.2. The Morgan fingerprint density at radius 3 is 2.50 bits per heavy atom. The molecular formula is C30H43N7O. The molecule has 0 spiro atoms.